The van der Waals surface area contributed by atoms with E-state index in [-0.39, 0.29) is 12.1 Å². The first kappa shape index (κ1) is 17.8. The first-order valence-electron chi connectivity index (χ1n) is 7.45. The highest BCUT2D eigenvalue weighted by molar-refractivity contribution is 5.56. The quantitative estimate of drug-likeness (QED) is 0.796. The van der Waals surface area contributed by atoms with Crippen LogP contribution >= 0.6 is 0 Å². The van der Waals surface area contributed by atoms with Crippen LogP contribution in [0.1, 0.15) is 45.7 Å². The lowest BCUT2D eigenvalue weighted by Crippen LogP contribution is -2.40. The number of rotatable bonds is 7. The second kappa shape index (κ2) is 7.69. The summed E-state index contributed by atoms with van der Waals surface area (Å²) >= 11 is 0. The Hall–Kier alpha value is -1.23. The molecule has 21 heavy (non-hydrogen) atoms. The molecule has 1 atom stereocenters. The average Bonchev–Trinajstić information content (AvgIpc) is 2.41. The highest BCUT2D eigenvalue weighted by Crippen LogP contribution is 2.31. The predicted molar refractivity (Wildman–Crippen MR) is 81.7 cm³/mol. The number of nitrogens with zero attached hydrogens (tertiary/aromatic N) is 1. The van der Waals surface area contributed by atoms with Crippen LogP contribution in [0.15, 0.2) is 24.3 Å². The molecule has 1 aromatic carbocycles. The van der Waals surface area contributed by atoms with Crippen LogP contribution in [-0.2, 0) is 0 Å². The zero-order chi connectivity index (χ0) is 16.0. The van der Waals surface area contributed by atoms with Gasteiger partial charge in [-0.05, 0) is 38.4 Å². The van der Waals surface area contributed by atoms with Gasteiger partial charge in [0, 0.05) is 17.8 Å². The van der Waals surface area contributed by atoms with Gasteiger partial charge in [0.1, 0.15) is 6.54 Å². The first-order valence-corrected chi connectivity index (χ1v) is 7.45. The third-order valence-electron chi connectivity index (χ3n) is 3.45. The van der Waals surface area contributed by atoms with Gasteiger partial charge >= 0.3 is 6.18 Å². The van der Waals surface area contributed by atoms with Gasteiger partial charge in [-0.3, -0.25) is 0 Å². The summed E-state index contributed by atoms with van der Waals surface area (Å²) in [5.41, 5.74) is 1.59. The van der Waals surface area contributed by atoms with Crippen LogP contribution in [0.5, 0.6) is 0 Å². The van der Waals surface area contributed by atoms with Gasteiger partial charge in [-0.1, -0.05) is 32.0 Å². The highest BCUT2D eigenvalue weighted by atomic mass is 19.4. The summed E-state index contributed by atoms with van der Waals surface area (Å²) in [4.78, 5) is 1.43. The average molecular weight is 302 g/mol. The molecule has 5 heteroatoms. The van der Waals surface area contributed by atoms with Crippen molar-refractivity contribution in [2.45, 2.75) is 52.4 Å². The van der Waals surface area contributed by atoms with Crippen LogP contribution in [0.4, 0.5) is 18.9 Å². The number of para-hydroxylation sites is 1. The SMILES string of the molecule is CCNC(CC)c1ccccc1N(CC(F)(F)F)C(C)C. The van der Waals surface area contributed by atoms with Gasteiger partial charge in [-0.15, -0.1) is 0 Å². The van der Waals surface area contributed by atoms with E-state index in [0.717, 1.165) is 18.5 Å². The van der Waals surface area contributed by atoms with Gasteiger partial charge in [0.05, 0.1) is 0 Å². The molecule has 1 unspecified atom stereocenters. The van der Waals surface area contributed by atoms with Crippen LogP contribution in [-0.4, -0.2) is 25.3 Å². The van der Waals surface area contributed by atoms with E-state index in [1.54, 1.807) is 26.0 Å². The molecule has 0 saturated heterocycles. The second-order valence-electron chi connectivity index (χ2n) is 5.41. The summed E-state index contributed by atoms with van der Waals surface area (Å²) in [6.45, 7) is 7.47. The lowest BCUT2D eigenvalue weighted by atomic mass is 10.0. The van der Waals surface area contributed by atoms with E-state index in [1.165, 1.54) is 4.90 Å². The summed E-state index contributed by atoms with van der Waals surface area (Å²) in [5.74, 6) is 0. The number of halogens is 3. The standard InChI is InChI=1S/C16H25F3N2/c1-5-14(20-6-2)13-9-7-8-10-15(13)21(12(3)4)11-16(17,18)19/h7-10,12,14,20H,5-6,11H2,1-4H3. The van der Waals surface area contributed by atoms with E-state index < -0.39 is 12.7 Å². The Bertz CT molecular complexity index is 430. The molecule has 0 spiro atoms. The van der Waals surface area contributed by atoms with Crippen LogP contribution in [0, 0.1) is 0 Å². The normalized spacial score (nSPS) is 13.5. The van der Waals surface area contributed by atoms with Gasteiger partial charge in [0.15, 0.2) is 0 Å². The number of anilines is 1. The number of hydrogen-bond donors (Lipinski definition) is 1. The number of hydrogen-bond acceptors (Lipinski definition) is 2. The van der Waals surface area contributed by atoms with Crippen molar-refractivity contribution in [3.63, 3.8) is 0 Å². The molecule has 0 amide bonds. The molecule has 120 valence electrons. The van der Waals surface area contributed by atoms with E-state index in [2.05, 4.69) is 5.32 Å². The van der Waals surface area contributed by atoms with Crippen LogP contribution in [0.2, 0.25) is 0 Å². The van der Waals surface area contributed by atoms with Gasteiger partial charge in [0.2, 0.25) is 0 Å². The number of alkyl halides is 3. The fourth-order valence-corrected chi connectivity index (χ4v) is 2.50. The Labute approximate surface area is 125 Å². The Morgan fingerprint density at radius 2 is 1.76 bits per heavy atom. The van der Waals surface area contributed by atoms with E-state index in [0.29, 0.717) is 5.69 Å². The van der Waals surface area contributed by atoms with Crippen molar-refractivity contribution in [1.82, 2.24) is 5.32 Å². The molecule has 2 nitrogen and oxygen atoms in total. The van der Waals surface area contributed by atoms with E-state index in [4.69, 9.17) is 0 Å². The third-order valence-corrected chi connectivity index (χ3v) is 3.45. The zero-order valence-corrected chi connectivity index (χ0v) is 13.2. The maximum atomic E-state index is 12.9. The molecular weight excluding hydrogens is 277 g/mol. The van der Waals surface area contributed by atoms with Crippen molar-refractivity contribution in [2.24, 2.45) is 0 Å². The largest absolute Gasteiger partial charge is 0.405 e. The Balaban J connectivity index is 3.19. The smallest absolute Gasteiger partial charge is 0.360 e. The molecule has 1 N–H and O–H groups in total. The zero-order valence-electron chi connectivity index (χ0n) is 13.2. The van der Waals surface area contributed by atoms with E-state index in [9.17, 15) is 13.2 Å². The lowest BCUT2D eigenvalue weighted by molar-refractivity contribution is -0.120. The molecule has 1 rings (SSSR count). The van der Waals surface area contributed by atoms with Crippen LogP contribution in [0.25, 0.3) is 0 Å². The molecule has 0 aromatic heterocycles. The fraction of sp³-hybridized carbons (Fsp3) is 0.625. The van der Waals surface area contributed by atoms with Crippen LogP contribution in [0.3, 0.4) is 0 Å². The highest BCUT2D eigenvalue weighted by Gasteiger charge is 2.33. The van der Waals surface area contributed by atoms with Crippen molar-refractivity contribution >= 4 is 5.69 Å². The maximum absolute atomic E-state index is 12.9. The van der Waals surface area contributed by atoms with E-state index >= 15 is 0 Å². The summed E-state index contributed by atoms with van der Waals surface area (Å²) < 4.78 is 38.6. The number of nitrogens with one attached hydrogen (secondary N) is 1. The molecule has 0 bridgehead atoms. The summed E-state index contributed by atoms with van der Waals surface area (Å²) in [5, 5.41) is 3.34. The fourth-order valence-electron chi connectivity index (χ4n) is 2.50. The van der Waals surface area contributed by atoms with Crippen molar-refractivity contribution in [3.8, 4) is 0 Å². The van der Waals surface area contributed by atoms with E-state index in [1.807, 2.05) is 26.0 Å². The van der Waals surface area contributed by atoms with Gasteiger partial charge in [-0.25, -0.2) is 0 Å². The predicted octanol–water partition coefficient (Wildman–Crippen LogP) is 4.52. The van der Waals surface area contributed by atoms with Gasteiger partial charge < -0.3 is 10.2 Å². The summed E-state index contributed by atoms with van der Waals surface area (Å²) in [6.07, 6.45) is -3.37. The Morgan fingerprint density at radius 1 is 1.14 bits per heavy atom. The van der Waals surface area contributed by atoms with Crippen molar-refractivity contribution < 1.29 is 13.2 Å². The summed E-state index contributed by atoms with van der Waals surface area (Å²) in [7, 11) is 0. The minimum Gasteiger partial charge on any atom is -0.360 e. The monoisotopic (exact) mass is 302 g/mol. The molecule has 0 saturated carbocycles. The molecule has 0 aliphatic heterocycles. The molecular formula is C16H25F3N2. The second-order valence-corrected chi connectivity index (χ2v) is 5.41. The van der Waals surface area contributed by atoms with Crippen molar-refractivity contribution in [1.29, 1.82) is 0 Å². The maximum Gasteiger partial charge on any atom is 0.405 e. The molecule has 0 radical (unpaired) electrons. The minimum atomic E-state index is -4.21. The molecule has 1 aromatic rings. The third kappa shape index (κ3) is 5.23. The topological polar surface area (TPSA) is 15.3 Å². The summed E-state index contributed by atoms with van der Waals surface area (Å²) in [6, 6.07) is 7.22. The van der Waals surface area contributed by atoms with Crippen molar-refractivity contribution in [2.75, 3.05) is 18.0 Å². The number of benzene rings is 1. The molecule has 0 fully saturated rings. The van der Waals surface area contributed by atoms with Crippen molar-refractivity contribution in [3.05, 3.63) is 29.8 Å². The lowest BCUT2D eigenvalue weighted by Gasteiger charge is -2.33. The Kier molecular flexibility index (Phi) is 6.52. The molecule has 0 heterocycles. The van der Waals surface area contributed by atoms with Gasteiger partial charge in [0.25, 0.3) is 0 Å². The first-order chi connectivity index (χ1) is 9.80. The minimum absolute atomic E-state index is 0.0701. The Morgan fingerprint density at radius 3 is 2.24 bits per heavy atom. The van der Waals surface area contributed by atoms with Crippen LogP contribution < -0.4 is 10.2 Å². The molecule has 0 aliphatic carbocycles. The van der Waals surface area contributed by atoms with Gasteiger partial charge in [-0.2, -0.15) is 13.2 Å². The molecule has 0 aliphatic rings.